The number of ether oxygens (including phenoxy) is 1. The number of amides is 1. The molecule has 3 aromatic rings. The van der Waals surface area contributed by atoms with Crippen molar-refractivity contribution in [3.63, 3.8) is 0 Å². The van der Waals surface area contributed by atoms with E-state index in [0.29, 0.717) is 27.5 Å². The molecule has 1 saturated heterocycles. The minimum absolute atomic E-state index is 0.0180. The quantitative estimate of drug-likeness (QED) is 0.302. The third-order valence-corrected chi connectivity index (χ3v) is 6.30. The van der Waals surface area contributed by atoms with Crippen molar-refractivity contribution in [2.75, 3.05) is 7.11 Å². The zero-order chi connectivity index (χ0) is 23.7. The summed E-state index contributed by atoms with van der Waals surface area (Å²) in [4.78, 5) is 31.8. The van der Waals surface area contributed by atoms with E-state index in [1.807, 2.05) is 6.07 Å². The van der Waals surface area contributed by atoms with Crippen LogP contribution < -0.4 is 4.74 Å². The predicted octanol–water partition coefficient (Wildman–Crippen LogP) is 5.33. The van der Waals surface area contributed by atoms with E-state index in [1.165, 1.54) is 4.90 Å². The molecule has 1 amide bonds. The van der Waals surface area contributed by atoms with Crippen LogP contribution >= 0.6 is 23.2 Å². The summed E-state index contributed by atoms with van der Waals surface area (Å²) in [6.07, 6.45) is 3.25. The van der Waals surface area contributed by atoms with Crippen molar-refractivity contribution < 1.29 is 19.4 Å². The number of likely N-dealkylation sites (tertiary alicyclic amines) is 1. The Morgan fingerprint density at radius 3 is 2.55 bits per heavy atom. The molecule has 0 radical (unpaired) electrons. The molecule has 1 aliphatic rings. The minimum Gasteiger partial charge on any atom is -0.507 e. The highest BCUT2D eigenvalue weighted by atomic mass is 35.5. The van der Waals surface area contributed by atoms with Crippen molar-refractivity contribution in [2.24, 2.45) is 0 Å². The molecule has 33 heavy (non-hydrogen) atoms. The van der Waals surface area contributed by atoms with Gasteiger partial charge in [-0.2, -0.15) is 0 Å². The van der Waals surface area contributed by atoms with E-state index in [0.717, 1.165) is 5.56 Å². The van der Waals surface area contributed by atoms with E-state index in [9.17, 15) is 14.7 Å². The highest BCUT2D eigenvalue weighted by Crippen LogP contribution is 2.42. The van der Waals surface area contributed by atoms with Crippen molar-refractivity contribution in [1.82, 2.24) is 9.88 Å². The molecular formula is C25H20Cl2N2O4. The molecule has 0 saturated carbocycles. The lowest BCUT2D eigenvalue weighted by atomic mass is 9.93. The summed E-state index contributed by atoms with van der Waals surface area (Å²) in [5, 5.41) is 11.9. The summed E-state index contributed by atoms with van der Waals surface area (Å²) in [6.45, 7) is 1.92. The molecule has 4 rings (SSSR count). The molecule has 1 aliphatic heterocycles. The Hall–Kier alpha value is -3.35. The summed E-state index contributed by atoms with van der Waals surface area (Å²) in [6, 6.07) is 12.7. The second kappa shape index (κ2) is 9.25. The lowest BCUT2D eigenvalue weighted by Crippen LogP contribution is -2.29. The number of benzene rings is 2. The maximum Gasteiger partial charge on any atom is 0.295 e. The van der Waals surface area contributed by atoms with E-state index in [4.69, 9.17) is 27.9 Å². The van der Waals surface area contributed by atoms with Crippen LogP contribution in [-0.2, 0) is 16.1 Å². The first kappa shape index (κ1) is 22.8. The summed E-state index contributed by atoms with van der Waals surface area (Å²) in [7, 11) is 1.54. The van der Waals surface area contributed by atoms with Gasteiger partial charge >= 0.3 is 0 Å². The Morgan fingerprint density at radius 1 is 1.12 bits per heavy atom. The number of ketones is 1. The van der Waals surface area contributed by atoms with Crippen molar-refractivity contribution in [3.05, 3.63) is 98.8 Å². The zero-order valence-electron chi connectivity index (χ0n) is 17.9. The monoisotopic (exact) mass is 482 g/mol. The number of hydrogen-bond acceptors (Lipinski definition) is 5. The fourth-order valence-electron chi connectivity index (χ4n) is 3.93. The molecule has 0 bridgehead atoms. The number of methoxy groups -OCH3 is 1. The van der Waals surface area contributed by atoms with Crippen molar-refractivity contribution >= 4 is 40.7 Å². The number of Topliss-reactive ketones (excluding diaryl/α,β-unsaturated/α-hetero) is 1. The van der Waals surface area contributed by atoms with Crippen molar-refractivity contribution in [3.8, 4) is 5.75 Å². The predicted molar refractivity (Wildman–Crippen MR) is 126 cm³/mol. The van der Waals surface area contributed by atoms with E-state index < -0.39 is 17.7 Å². The number of carbonyl (C=O) groups is 2. The maximum absolute atomic E-state index is 13.2. The molecule has 2 heterocycles. The van der Waals surface area contributed by atoms with E-state index >= 15 is 0 Å². The molecule has 1 fully saturated rings. The number of nitrogens with zero attached hydrogens (tertiary/aromatic N) is 2. The van der Waals surface area contributed by atoms with Crippen molar-refractivity contribution in [2.45, 2.75) is 19.5 Å². The molecule has 1 atom stereocenters. The number of aliphatic hydroxyl groups is 1. The Labute approximate surface area is 201 Å². The van der Waals surface area contributed by atoms with Gasteiger partial charge in [0.05, 0.1) is 28.8 Å². The largest absolute Gasteiger partial charge is 0.507 e. The second-order valence-electron chi connectivity index (χ2n) is 7.64. The molecule has 6 nitrogen and oxygen atoms in total. The summed E-state index contributed by atoms with van der Waals surface area (Å²) >= 11 is 12.3. The van der Waals surface area contributed by atoms with Crippen LogP contribution in [0, 0.1) is 6.92 Å². The third-order valence-electron chi connectivity index (χ3n) is 5.56. The van der Waals surface area contributed by atoms with Crippen LogP contribution in [0.25, 0.3) is 5.76 Å². The van der Waals surface area contributed by atoms with E-state index in [1.54, 1.807) is 68.9 Å². The van der Waals surface area contributed by atoms with Crippen LogP contribution in [0.4, 0.5) is 0 Å². The van der Waals surface area contributed by atoms with Gasteiger partial charge in [0.2, 0.25) is 0 Å². The molecule has 2 aromatic carbocycles. The first-order chi connectivity index (χ1) is 15.8. The smallest absolute Gasteiger partial charge is 0.295 e. The van der Waals surface area contributed by atoms with Crippen molar-refractivity contribution in [1.29, 1.82) is 0 Å². The highest BCUT2D eigenvalue weighted by molar-refractivity contribution is 6.46. The van der Waals surface area contributed by atoms with Gasteiger partial charge in [-0.1, -0.05) is 35.3 Å². The molecule has 168 valence electrons. The van der Waals surface area contributed by atoms with E-state index in [-0.39, 0.29) is 22.9 Å². The number of rotatable bonds is 5. The van der Waals surface area contributed by atoms with Gasteiger partial charge in [-0.3, -0.25) is 14.6 Å². The number of aliphatic hydroxyl groups excluding tert-OH is 1. The molecule has 0 unspecified atom stereocenters. The number of carbonyl (C=O) groups excluding carboxylic acids is 2. The molecule has 0 spiro atoms. The number of halogens is 2. The van der Waals surface area contributed by atoms with Crippen LogP contribution in [0.2, 0.25) is 10.0 Å². The van der Waals surface area contributed by atoms with Crippen LogP contribution in [0.5, 0.6) is 5.75 Å². The van der Waals surface area contributed by atoms with Crippen LogP contribution in [0.15, 0.2) is 66.5 Å². The summed E-state index contributed by atoms with van der Waals surface area (Å²) in [5.74, 6) is -1.15. The van der Waals surface area contributed by atoms with Gasteiger partial charge in [0, 0.05) is 24.5 Å². The van der Waals surface area contributed by atoms with Crippen LogP contribution in [0.1, 0.15) is 28.3 Å². The Kier molecular flexibility index (Phi) is 6.40. The van der Waals surface area contributed by atoms with Gasteiger partial charge < -0.3 is 14.7 Å². The van der Waals surface area contributed by atoms with Gasteiger partial charge in [0.1, 0.15) is 11.5 Å². The Bertz CT molecular complexity index is 1270. The standard InChI is InChI=1S/C25H20Cl2N2O4/c1-14-10-17(33-2)6-7-18(14)23(30)21-22(16-5-8-19(26)20(27)11-16)29(25(32)24(21)31)13-15-4-3-9-28-12-15/h3-12,22,30H,13H2,1-2H3/t22-/m1/s1. The van der Waals surface area contributed by atoms with Gasteiger partial charge in [-0.25, -0.2) is 0 Å². The van der Waals surface area contributed by atoms with Gasteiger partial charge in [-0.15, -0.1) is 0 Å². The fraction of sp³-hybridized carbons (Fsp3) is 0.160. The number of hydrogen-bond donors (Lipinski definition) is 1. The molecule has 1 aromatic heterocycles. The normalized spacial score (nSPS) is 17.5. The molecule has 8 heteroatoms. The maximum atomic E-state index is 13.2. The number of pyridine rings is 1. The Morgan fingerprint density at radius 2 is 1.91 bits per heavy atom. The average Bonchev–Trinajstić information content (AvgIpc) is 3.06. The lowest BCUT2D eigenvalue weighted by Gasteiger charge is -2.25. The third kappa shape index (κ3) is 4.32. The van der Waals surface area contributed by atoms with Gasteiger partial charge in [0.15, 0.2) is 0 Å². The molecular weight excluding hydrogens is 463 g/mol. The number of aryl methyl sites for hydroxylation is 1. The zero-order valence-corrected chi connectivity index (χ0v) is 19.4. The summed E-state index contributed by atoms with van der Waals surface area (Å²) in [5.41, 5.74) is 2.40. The Balaban J connectivity index is 1.90. The lowest BCUT2D eigenvalue weighted by molar-refractivity contribution is -0.140. The van der Waals surface area contributed by atoms with Gasteiger partial charge in [0.25, 0.3) is 11.7 Å². The topological polar surface area (TPSA) is 79.7 Å². The number of aromatic nitrogens is 1. The second-order valence-corrected chi connectivity index (χ2v) is 8.46. The summed E-state index contributed by atoms with van der Waals surface area (Å²) < 4.78 is 5.23. The highest BCUT2D eigenvalue weighted by Gasteiger charge is 2.46. The van der Waals surface area contributed by atoms with Crippen LogP contribution in [-0.4, -0.2) is 33.8 Å². The fourth-order valence-corrected chi connectivity index (χ4v) is 4.24. The van der Waals surface area contributed by atoms with E-state index in [2.05, 4.69) is 4.98 Å². The first-order valence-electron chi connectivity index (χ1n) is 10.1. The van der Waals surface area contributed by atoms with Gasteiger partial charge in [-0.05, 0) is 60.0 Å². The minimum atomic E-state index is -0.860. The average molecular weight is 483 g/mol. The molecule has 1 N–H and O–H groups in total. The SMILES string of the molecule is COc1ccc(C(O)=C2C(=O)C(=O)N(Cc3cccnc3)[C@@H]2c2ccc(Cl)c(Cl)c2)c(C)c1. The first-order valence-corrected chi connectivity index (χ1v) is 10.8. The molecule has 0 aliphatic carbocycles. The van der Waals surface area contributed by atoms with Crippen LogP contribution in [0.3, 0.4) is 0 Å².